The van der Waals surface area contributed by atoms with E-state index in [1.807, 2.05) is 67.4 Å². The number of carbonyl (C=O) groups is 2. The molecule has 0 aliphatic carbocycles. The van der Waals surface area contributed by atoms with Gasteiger partial charge >= 0.3 is 11.9 Å². The average molecular weight is 353 g/mol. The quantitative estimate of drug-likeness (QED) is 0.627. The van der Waals surface area contributed by atoms with Crippen LogP contribution in [0.3, 0.4) is 0 Å². The van der Waals surface area contributed by atoms with E-state index in [-0.39, 0.29) is 6.42 Å². The van der Waals surface area contributed by atoms with Crippen molar-refractivity contribution in [1.82, 2.24) is 0 Å². The summed E-state index contributed by atoms with van der Waals surface area (Å²) < 4.78 is 10.2. The number of esters is 2. The molecular formula is C21H23NO4. The molecule has 0 bridgehead atoms. The van der Waals surface area contributed by atoms with E-state index in [0.29, 0.717) is 0 Å². The number of carbonyl (C=O) groups excluding carboxylic acids is 2. The SMILES string of the molecule is COC(=O)C1(C(=O)OC)Cc2ccccc2N(C)[C@H]1c1ccccc1C. The van der Waals surface area contributed by atoms with Gasteiger partial charge < -0.3 is 14.4 Å². The molecule has 5 nitrogen and oxygen atoms in total. The van der Waals surface area contributed by atoms with Gasteiger partial charge in [0.05, 0.1) is 20.3 Å². The lowest BCUT2D eigenvalue weighted by atomic mass is 9.68. The summed E-state index contributed by atoms with van der Waals surface area (Å²) in [6.07, 6.45) is 0.228. The zero-order valence-electron chi connectivity index (χ0n) is 15.5. The van der Waals surface area contributed by atoms with E-state index < -0.39 is 23.4 Å². The van der Waals surface area contributed by atoms with Crippen LogP contribution in [0.2, 0.25) is 0 Å². The van der Waals surface area contributed by atoms with E-state index in [1.54, 1.807) is 0 Å². The largest absolute Gasteiger partial charge is 0.468 e. The van der Waals surface area contributed by atoms with Gasteiger partial charge in [0.1, 0.15) is 0 Å². The molecule has 136 valence electrons. The molecule has 2 aromatic rings. The second-order valence-electron chi connectivity index (χ2n) is 6.63. The highest BCUT2D eigenvalue weighted by Crippen LogP contribution is 2.50. The Kier molecular flexibility index (Phi) is 4.72. The predicted molar refractivity (Wildman–Crippen MR) is 98.9 cm³/mol. The number of ether oxygens (including phenoxy) is 2. The van der Waals surface area contributed by atoms with Gasteiger partial charge in [-0.15, -0.1) is 0 Å². The van der Waals surface area contributed by atoms with Gasteiger partial charge in [-0.25, -0.2) is 0 Å². The number of methoxy groups -OCH3 is 2. The van der Waals surface area contributed by atoms with Crippen LogP contribution in [0.4, 0.5) is 5.69 Å². The zero-order valence-corrected chi connectivity index (χ0v) is 15.5. The summed E-state index contributed by atoms with van der Waals surface area (Å²) in [5, 5.41) is 0. The van der Waals surface area contributed by atoms with Crippen LogP contribution in [0.1, 0.15) is 22.7 Å². The highest BCUT2D eigenvalue weighted by atomic mass is 16.5. The molecular weight excluding hydrogens is 330 g/mol. The van der Waals surface area contributed by atoms with Gasteiger partial charge in [-0.3, -0.25) is 9.59 Å². The summed E-state index contributed by atoms with van der Waals surface area (Å²) in [5.74, 6) is -1.17. The molecule has 0 radical (unpaired) electrons. The fraction of sp³-hybridized carbons (Fsp3) is 0.333. The Morgan fingerprint density at radius 3 is 2.19 bits per heavy atom. The summed E-state index contributed by atoms with van der Waals surface area (Å²) in [7, 11) is 4.51. The third-order valence-corrected chi connectivity index (χ3v) is 5.28. The molecule has 0 spiro atoms. The number of aryl methyl sites for hydroxylation is 1. The van der Waals surface area contributed by atoms with Crippen LogP contribution in [-0.4, -0.2) is 33.2 Å². The fourth-order valence-electron chi connectivity index (χ4n) is 4.05. The lowest BCUT2D eigenvalue weighted by Crippen LogP contribution is -2.55. The van der Waals surface area contributed by atoms with E-state index in [2.05, 4.69) is 0 Å². The van der Waals surface area contributed by atoms with Gasteiger partial charge in [0.2, 0.25) is 0 Å². The van der Waals surface area contributed by atoms with E-state index >= 15 is 0 Å². The number of para-hydroxylation sites is 1. The number of hydrogen-bond donors (Lipinski definition) is 0. The van der Waals surface area contributed by atoms with E-state index in [0.717, 1.165) is 22.4 Å². The van der Waals surface area contributed by atoms with E-state index in [1.165, 1.54) is 14.2 Å². The summed E-state index contributed by atoms with van der Waals surface area (Å²) in [6, 6.07) is 15.0. The Labute approximate surface area is 153 Å². The highest BCUT2D eigenvalue weighted by Gasteiger charge is 2.59. The van der Waals surface area contributed by atoms with Crippen LogP contribution < -0.4 is 4.90 Å². The summed E-state index contributed by atoms with van der Waals surface area (Å²) in [5.41, 5.74) is 2.33. The molecule has 1 aliphatic rings. The number of nitrogens with zero attached hydrogens (tertiary/aromatic N) is 1. The Morgan fingerprint density at radius 1 is 1.00 bits per heavy atom. The molecule has 1 aliphatic heterocycles. The first-order valence-corrected chi connectivity index (χ1v) is 8.50. The lowest BCUT2D eigenvalue weighted by molar-refractivity contribution is -0.171. The van der Waals surface area contributed by atoms with Crippen molar-refractivity contribution in [2.75, 3.05) is 26.2 Å². The van der Waals surface area contributed by atoms with Crippen molar-refractivity contribution in [3.63, 3.8) is 0 Å². The summed E-state index contributed by atoms with van der Waals surface area (Å²) >= 11 is 0. The number of fused-ring (bicyclic) bond motifs is 1. The molecule has 0 saturated carbocycles. The summed E-state index contributed by atoms with van der Waals surface area (Å²) in [6.45, 7) is 1.98. The van der Waals surface area contributed by atoms with Gasteiger partial charge in [0, 0.05) is 19.2 Å². The second-order valence-corrected chi connectivity index (χ2v) is 6.63. The van der Waals surface area contributed by atoms with Crippen molar-refractivity contribution < 1.29 is 19.1 Å². The predicted octanol–water partition coefficient (Wildman–Crippen LogP) is 3.06. The van der Waals surface area contributed by atoms with Crippen LogP contribution in [0.5, 0.6) is 0 Å². The molecule has 1 atom stereocenters. The minimum Gasteiger partial charge on any atom is -0.468 e. The Hall–Kier alpha value is -2.82. The Bertz CT molecular complexity index is 829. The maximum absolute atomic E-state index is 13.0. The topological polar surface area (TPSA) is 55.8 Å². The van der Waals surface area contributed by atoms with Gasteiger partial charge in [-0.05, 0) is 29.7 Å². The molecule has 1 heterocycles. The third-order valence-electron chi connectivity index (χ3n) is 5.28. The number of hydrogen-bond acceptors (Lipinski definition) is 5. The molecule has 5 heteroatoms. The van der Waals surface area contributed by atoms with E-state index in [4.69, 9.17) is 9.47 Å². The minimum absolute atomic E-state index is 0.228. The van der Waals surface area contributed by atoms with Gasteiger partial charge in [0.25, 0.3) is 0 Å². The van der Waals surface area contributed by atoms with Gasteiger partial charge in [0.15, 0.2) is 5.41 Å². The normalized spacial score (nSPS) is 18.0. The molecule has 26 heavy (non-hydrogen) atoms. The van der Waals surface area contributed by atoms with Crippen molar-refractivity contribution in [2.24, 2.45) is 5.41 Å². The van der Waals surface area contributed by atoms with Crippen molar-refractivity contribution in [3.05, 3.63) is 65.2 Å². The smallest absolute Gasteiger partial charge is 0.326 e. The van der Waals surface area contributed by atoms with Crippen molar-refractivity contribution in [2.45, 2.75) is 19.4 Å². The van der Waals surface area contributed by atoms with Crippen LogP contribution in [0, 0.1) is 12.3 Å². The summed E-state index contributed by atoms with van der Waals surface area (Å²) in [4.78, 5) is 28.0. The fourth-order valence-corrected chi connectivity index (χ4v) is 4.05. The molecule has 0 N–H and O–H groups in total. The average Bonchev–Trinajstić information content (AvgIpc) is 2.67. The zero-order chi connectivity index (χ0) is 18.9. The maximum Gasteiger partial charge on any atom is 0.326 e. The Balaban J connectivity index is 2.32. The molecule has 0 fully saturated rings. The standard InChI is InChI=1S/C21H23NO4/c1-14-9-5-7-11-16(14)18-21(19(23)25-3,20(24)26-4)13-15-10-6-8-12-17(15)22(18)2/h5-12,18H,13H2,1-4H3/t18-/m0/s1. The molecule has 0 unspecified atom stereocenters. The highest BCUT2D eigenvalue weighted by molar-refractivity contribution is 6.03. The van der Waals surface area contributed by atoms with Crippen LogP contribution in [0.15, 0.2) is 48.5 Å². The van der Waals surface area contributed by atoms with Crippen LogP contribution >= 0.6 is 0 Å². The second kappa shape index (κ2) is 6.83. The molecule has 3 rings (SSSR count). The van der Waals surface area contributed by atoms with E-state index in [9.17, 15) is 9.59 Å². The van der Waals surface area contributed by atoms with Gasteiger partial charge in [-0.1, -0.05) is 42.5 Å². The maximum atomic E-state index is 13.0. The minimum atomic E-state index is -1.47. The number of benzene rings is 2. The Morgan fingerprint density at radius 2 is 1.58 bits per heavy atom. The lowest BCUT2D eigenvalue weighted by Gasteiger charge is -2.47. The third kappa shape index (κ3) is 2.55. The molecule has 0 amide bonds. The first-order valence-electron chi connectivity index (χ1n) is 8.50. The first kappa shape index (κ1) is 18.0. The molecule has 0 aromatic heterocycles. The number of rotatable bonds is 3. The van der Waals surface area contributed by atoms with Crippen LogP contribution in [-0.2, 0) is 25.5 Å². The monoisotopic (exact) mass is 353 g/mol. The molecule has 0 saturated heterocycles. The van der Waals surface area contributed by atoms with Crippen molar-refractivity contribution in [3.8, 4) is 0 Å². The first-order chi connectivity index (χ1) is 12.5. The van der Waals surface area contributed by atoms with Crippen LogP contribution in [0.25, 0.3) is 0 Å². The van der Waals surface area contributed by atoms with Crippen molar-refractivity contribution >= 4 is 17.6 Å². The van der Waals surface area contributed by atoms with Gasteiger partial charge in [-0.2, -0.15) is 0 Å². The molecule has 2 aromatic carbocycles. The van der Waals surface area contributed by atoms with Crippen molar-refractivity contribution in [1.29, 1.82) is 0 Å². The number of anilines is 1.